The number of pyridine rings is 1. The van der Waals surface area contributed by atoms with Gasteiger partial charge in [0.15, 0.2) is 5.78 Å². The number of aromatic amines is 2. The summed E-state index contributed by atoms with van der Waals surface area (Å²) in [5.41, 5.74) is 3.01. The van der Waals surface area contributed by atoms with Crippen molar-refractivity contribution in [3.63, 3.8) is 0 Å². The van der Waals surface area contributed by atoms with E-state index in [2.05, 4.69) is 20.3 Å². The number of H-pyrrole nitrogens is 2. The van der Waals surface area contributed by atoms with Crippen LogP contribution in [-0.2, 0) is 0 Å². The summed E-state index contributed by atoms with van der Waals surface area (Å²) in [5, 5.41) is 14.3. The van der Waals surface area contributed by atoms with E-state index in [0.717, 1.165) is 15.9 Å². The number of nitrogens with one attached hydrogen (secondary N) is 3. The summed E-state index contributed by atoms with van der Waals surface area (Å²) in [5.74, 6) is -0.679. The standard InChI is InChI=1S/C26H20N4O4S2/c31-23(8-10-35-36-24-3-1-2-9-27-24)15-4-6-19-16(11-15)13-21(29-19)25(32)28-18-5-7-20-17(12-18)14-22(30-20)26(33)34/h1-7,9,11-14,29-30H,8,10H2,(H,28,32)(H,33,34). The molecule has 0 saturated heterocycles. The molecule has 0 aliphatic rings. The number of fused-ring (bicyclic) bond motifs is 2. The van der Waals surface area contributed by atoms with E-state index in [1.165, 1.54) is 6.07 Å². The molecular formula is C26H20N4O4S2. The van der Waals surface area contributed by atoms with Gasteiger partial charge in [0, 0.05) is 51.4 Å². The zero-order chi connectivity index (χ0) is 25.1. The third-order valence-electron chi connectivity index (χ3n) is 5.49. The van der Waals surface area contributed by atoms with E-state index in [0.29, 0.717) is 40.0 Å². The second-order valence-corrected chi connectivity index (χ2v) is 10.4. The van der Waals surface area contributed by atoms with Crippen LogP contribution in [-0.4, -0.2) is 43.5 Å². The van der Waals surface area contributed by atoms with Gasteiger partial charge < -0.3 is 20.4 Å². The van der Waals surface area contributed by atoms with Crippen molar-refractivity contribution in [3.05, 3.63) is 89.9 Å². The first kappa shape index (κ1) is 23.7. The molecule has 10 heteroatoms. The summed E-state index contributed by atoms with van der Waals surface area (Å²) >= 11 is 0. The molecule has 2 aromatic carbocycles. The Morgan fingerprint density at radius 1 is 0.889 bits per heavy atom. The van der Waals surface area contributed by atoms with Gasteiger partial charge in [-0.2, -0.15) is 0 Å². The van der Waals surface area contributed by atoms with Crippen LogP contribution in [0.2, 0.25) is 0 Å². The minimum atomic E-state index is -1.05. The SMILES string of the molecule is O=C(CCSSc1ccccn1)c1ccc2[nH]c(C(=O)Nc3ccc4[nH]c(C(=O)O)cc4c3)cc2c1. The number of nitrogens with zero attached hydrogens (tertiary/aromatic N) is 1. The topological polar surface area (TPSA) is 128 Å². The van der Waals surface area contributed by atoms with Gasteiger partial charge in [0.25, 0.3) is 5.91 Å². The highest BCUT2D eigenvalue weighted by Gasteiger charge is 2.14. The van der Waals surface area contributed by atoms with Gasteiger partial charge in [0.1, 0.15) is 16.4 Å². The maximum Gasteiger partial charge on any atom is 0.352 e. The number of carboxylic acid groups (broad SMARTS) is 1. The third-order valence-corrected chi connectivity index (χ3v) is 7.76. The number of amides is 1. The largest absolute Gasteiger partial charge is 0.477 e. The van der Waals surface area contributed by atoms with Crippen LogP contribution < -0.4 is 5.32 Å². The zero-order valence-electron chi connectivity index (χ0n) is 18.8. The minimum Gasteiger partial charge on any atom is -0.477 e. The summed E-state index contributed by atoms with van der Waals surface area (Å²) < 4.78 is 0. The molecule has 5 rings (SSSR count). The molecule has 0 bridgehead atoms. The lowest BCUT2D eigenvalue weighted by Gasteiger charge is -2.03. The highest BCUT2D eigenvalue weighted by atomic mass is 33.1. The normalized spacial score (nSPS) is 11.1. The number of ketones is 1. The van der Waals surface area contributed by atoms with E-state index in [4.69, 9.17) is 5.11 Å². The van der Waals surface area contributed by atoms with Crippen LogP contribution in [0.15, 0.2) is 78.0 Å². The van der Waals surface area contributed by atoms with Crippen LogP contribution in [0.1, 0.15) is 37.8 Å². The fraction of sp³-hybridized carbons (Fsp3) is 0.0769. The number of aromatic nitrogens is 3. The number of carbonyl (C=O) groups excluding carboxylic acids is 2. The number of anilines is 1. The summed E-state index contributed by atoms with van der Waals surface area (Å²) in [6, 6.07) is 19.4. The summed E-state index contributed by atoms with van der Waals surface area (Å²) in [6.07, 6.45) is 2.14. The number of rotatable bonds is 9. The molecule has 0 radical (unpaired) electrons. The lowest BCUT2D eigenvalue weighted by Crippen LogP contribution is -2.11. The maximum atomic E-state index is 12.8. The lowest BCUT2D eigenvalue weighted by molar-refractivity contribution is 0.0691. The first-order chi connectivity index (χ1) is 17.5. The monoisotopic (exact) mass is 516 g/mol. The Morgan fingerprint density at radius 2 is 1.64 bits per heavy atom. The molecule has 0 spiro atoms. The van der Waals surface area contributed by atoms with Gasteiger partial charge in [-0.05, 0) is 71.5 Å². The quantitative estimate of drug-likeness (QED) is 0.107. The minimum absolute atomic E-state index is 0.0405. The molecule has 0 fully saturated rings. The zero-order valence-corrected chi connectivity index (χ0v) is 20.4. The van der Waals surface area contributed by atoms with E-state index in [-0.39, 0.29) is 17.4 Å². The lowest BCUT2D eigenvalue weighted by atomic mass is 10.1. The van der Waals surface area contributed by atoms with E-state index in [1.807, 2.05) is 18.2 Å². The van der Waals surface area contributed by atoms with Gasteiger partial charge in [-0.1, -0.05) is 16.9 Å². The molecule has 3 heterocycles. The van der Waals surface area contributed by atoms with Crippen LogP contribution in [0.4, 0.5) is 5.69 Å². The Morgan fingerprint density at radius 3 is 2.42 bits per heavy atom. The van der Waals surface area contributed by atoms with Crippen molar-refractivity contribution >= 4 is 66.7 Å². The molecule has 180 valence electrons. The van der Waals surface area contributed by atoms with Crippen LogP contribution >= 0.6 is 21.6 Å². The molecule has 0 saturated carbocycles. The number of Topliss-reactive ketones (excluding diaryl/α,β-unsaturated/α-hetero) is 1. The van der Waals surface area contributed by atoms with Gasteiger partial charge in [-0.15, -0.1) is 0 Å². The molecule has 0 unspecified atom stereocenters. The molecule has 0 atom stereocenters. The molecule has 0 aliphatic heterocycles. The Hall–Kier alpha value is -4.02. The van der Waals surface area contributed by atoms with Crippen LogP contribution in [0.5, 0.6) is 0 Å². The fourth-order valence-electron chi connectivity index (χ4n) is 3.73. The maximum absolute atomic E-state index is 12.8. The van der Waals surface area contributed by atoms with Gasteiger partial charge in [0.05, 0.1) is 0 Å². The second kappa shape index (κ2) is 10.3. The average molecular weight is 517 g/mol. The molecule has 5 aromatic rings. The van der Waals surface area contributed by atoms with Crippen molar-refractivity contribution in [1.82, 2.24) is 15.0 Å². The Bertz CT molecular complexity index is 1590. The predicted octanol–water partition coefficient (Wildman–Crippen LogP) is 6.01. The second-order valence-electron chi connectivity index (χ2n) is 7.98. The van der Waals surface area contributed by atoms with E-state index >= 15 is 0 Å². The molecule has 8 nitrogen and oxygen atoms in total. The molecule has 1 amide bonds. The number of carbonyl (C=O) groups is 3. The first-order valence-electron chi connectivity index (χ1n) is 11.0. The van der Waals surface area contributed by atoms with Gasteiger partial charge >= 0.3 is 5.97 Å². The summed E-state index contributed by atoms with van der Waals surface area (Å²) in [4.78, 5) is 46.8. The summed E-state index contributed by atoms with van der Waals surface area (Å²) in [6.45, 7) is 0. The Kier molecular flexibility index (Phi) is 6.79. The van der Waals surface area contributed by atoms with Gasteiger partial charge in [-0.3, -0.25) is 9.59 Å². The average Bonchev–Trinajstić information content (AvgIpc) is 3.51. The number of hydrogen-bond acceptors (Lipinski definition) is 6. The van der Waals surface area contributed by atoms with Crippen molar-refractivity contribution in [2.75, 3.05) is 11.1 Å². The van der Waals surface area contributed by atoms with Crippen molar-refractivity contribution < 1.29 is 19.5 Å². The third kappa shape index (κ3) is 5.29. The smallest absolute Gasteiger partial charge is 0.352 e. The van der Waals surface area contributed by atoms with Gasteiger partial charge in [-0.25, -0.2) is 9.78 Å². The number of carboxylic acids is 1. The van der Waals surface area contributed by atoms with Crippen molar-refractivity contribution in [3.8, 4) is 0 Å². The fourth-order valence-corrected chi connectivity index (χ4v) is 5.60. The van der Waals surface area contributed by atoms with E-state index < -0.39 is 5.97 Å². The Balaban J connectivity index is 1.23. The summed E-state index contributed by atoms with van der Waals surface area (Å²) in [7, 11) is 3.13. The van der Waals surface area contributed by atoms with Gasteiger partial charge in [0.2, 0.25) is 0 Å². The van der Waals surface area contributed by atoms with E-state index in [1.54, 1.807) is 70.2 Å². The van der Waals surface area contributed by atoms with Crippen molar-refractivity contribution in [1.29, 1.82) is 0 Å². The number of aromatic carboxylic acids is 1. The van der Waals surface area contributed by atoms with Crippen LogP contribution in [0.3, 0.4) is 0 Å². The molecule has 3 aromatic heterocycles. The van der Waals surface area contributed by atoms with E-state index in [9.17, 15) is 14.4 Å². The number of hydrogen-bond donors (Lipinski definition) is 4. The molecular weight excluding hydrogens is 496 g/mol. The van der Waals surface area contributed by atoms with Crippen molar-refractivity contribution in [2.45, 2.75) is 11.4 Å². The molecule has 0 aliphatic carbocycles. The molecule has 36 heavy (non-hydrogen) atoms. The van der Waals surface area contributed by atoms with Crippen LogP contribution in [0, 0.1) is 0 Å². The van der Waals surface area contributed by atoms with Crippen molar-refractivity contribution in [2.24, 2.45) is 0 Å². The Labute approximate surface area is 213 Å². The highest BCUT2D eigenvalue weighted by Crippen LogP contribution is 2.30. The number of benzene rings is 2. The predicted molar refractivity (Wildman–Crippen MR) is 143 cm³/mol. The molecule has 4 N–H and O–H groups in total. The highest BCUT2D eigenvalue weighted by molar-refractivity contribution is 8.76. The first-order valence-corrected chi connectivity index (χ1v) is 13.3. The van der Waals surface area contributed by atoms with Crippen LogP contribution in [0.25, 0.3) is 21.8 Å².